The van der Waals surface area contributed by atoms with Crippen molar-refractivity contribution in [1.29, 1.82) is 0 Å². The Morgan fingerprint density at radius 3 is 2.31 bits per heavy atom. The second-order valence-electron chi connectivity index (χ2n) is 3.37. The maximum absolute atomic E-state index is 13.1. The summed E-state index contributed by atoms with van der Waals surface area (Å²) in [5, 5.41) is 2.20. The second-order valence-corrected chi connectivity index (χ2v) is 3.37. The smallest absolute Gasteiger partial charge is 0.382 e. The molecule has 6 heteroatoms. The molecule has 0 unspecified atom stereocenters. The summed E-state index contributed by atoms with van der Waals surface area (Å²) in [5.41, 5.74) is -0.147. The Labute approximate surface area is 89.3 Å². The average molecular weight is 239 g/mol. The molecule has 0 spiro atoms. The number of anilines is 1. The molecule has 0 aliphatic carbocycles. The molecule has 0 saturated heterocycles. The summed E-state index contributed by atoms with van der Waals surface area (Å²) < 4.78 is 61.5. The van der Waals surface area contributed by atoms with Crippen LogP contribution < -0.4 is 5.32 Å². The van der Waals surface area contributed by atoms with Crippen LogP contribution >= 0.6 is 0 Å². The van der Waals surface area contributed by atoms with E-state index in [0.29, 0.717) is 0 Å². The molecular weight excluding hydrogens is 229 g/mol. The number of nitrogens with one attached hydrogen (secondary N) is 1. The fourth-order valence-corrected chi connectivity index (χ4v) is 1.12. The van der Waals surface area contributed by atoms with Crippen LogP contribution in [0.25, 0.3) is 0 Å². The van der Waals surface area contributed by atoms with Crippen molar-refractivity contribution in [1.82, 2.24) is 0 Å². The highest BCUT2D eigenvalue weighted by Gasteiger charge is 2.26. The molecule has 0 saturated carbocycles. The lowest BCUT2D eigenvalue weighted by Crippen LogP contribution is -2.15. The van der Waals surface area contributed by atoms with E-state index in [1.54, 1.807) is 0 Å². The largest absolute Gasteiger partial charge is 0.390 e. The Kier molecular flexibility index (Phi) is 3.72. The quantitative estimate of drug-likeness (QED) is 0.794. The molecule has 0 aromatic heterocycles. The van der Waals surface area contributed by atoms with Gasteiger partial charge in [0.05, 0.1) is 12.1 Å². The fraction of sp³-hybridized carbons (Fsp3) is 0.400. The zero-order valence-corrected chi connectivity index (χ0v) is 8.46. The molecule has 0 radical (unpaired) electrons. The summed E-state index contributed by atoms with van der Waals surface area (Å²) in [6, 6.07) is 1.78. The van der Waals surface area contributed by atoms with Gasteiger partial charge in [0.25, 0.3) is 0 Å². The first-order valence-electron chi connectivity index (χ1n) is 4.56. The van der Waals surface area contributed by atoms with Gasteiger partial charge in [0.1, 0.15) is 11.6 Å². The third kappa shape index (κ3) is 3.67. The van der Waals surface area contributed by atoms with Gasteiger partial charge in [-0.1, -0.05) is 0 Å². The van der Waals surface area contributed by atoms with E-state index in [1.165, 1.54) is 6.92 Å². The highest BCUT2D eigenvalue weighted by molar-refractivity contribution is 5.46. The van der Waals surface area contributed by atoms with Crippen LogP contribution in [0, 0.1) is 18.6 Å². The number of benzene rings is 1. The fourth-order valence-electron chi connectivity index (χ4n) is 1.12. The maximum atomic E-state index is 13.1. The van der Waals surface area contributed by atoms with E-state index < -0.39 is 30.8 Å². The minimum atomic E-state index is -4.31. The molecule has 0 aliphatic rings. The lowest BCUT2D eigenvalue weighted by atomic mass is 10.2. The normalized spacial score (nSPS) is 11.6. The molecule has 90 valence electrons. The maximum Gasteiger partial charge on any atom is 0.390 e. The van der Waals surface area contributed by atoms with Crippen LogP contribution in [0.5, 0.6) is 0 Å². The highest BCUT2D eigenvalue weighted by atomic mass is 19.4. The van der Waals surface area contributed by atoms with Gasteiger partial charge in [-0.2, -0.15) is 13.2 Å². The molecule has 1 rings (SSSR count). The third-order valence-corrected chi connectivity index (χ3v) is 1.97. The Bertz CT molecular complexity index is 372. The van der Waals surface area contributed by atoms with Gasteiger partial charge in [-0.15, -0.1) is 0 Å². The molecule has 1 aromatic rings. The van der Waals surface area contributed by atoms with Crippen LogP contribution in [0.1, 0.15) is 12.0 Å². The number of halogens is 5. The molecule has 0 bridgehead atoms. The molecular formula is C10H10F5N. The lowest BCUT2D eigenvalue weighted by molar-refractivity contribution is -0.131. The molecule has 1 N–H and O–H groups in total. The van der Waals surface area contributed by atoms with Crippen molar-refractivity contribution in [3.8, 4) is 0 Å². The van der Waals surface area contributed by atoms with Gasteiger partial charge in [-0.25, -0.2) is 8.78 Å². The minimum Gasteiger partial charge on any atom is -0.382 e. The summed E-state index contributed by atoms with van der Waals surface area (Å²) in [6.45, 7) is 0.890. The van der Waals surface area contributed by atoms with Crippen molar-refractivity contribution < 1.29 is 22.0 Å². The SMILES string of the molecule is Cc1cc(F)c(NCCC(F)(F)F)cc1F. The number of rotatable bonds is 3. The Balaban J connectivity index is 2.64. The standard InChI is InChI=1S/C10H10F5N/c1-6-4-8(12)9(5-7(6)11)16-3-2-10(13,14)15/h4-5,16H,2-3H2,1H3. The average Bonchev–Trinajstić information content (AvgIpc) is 2.11. The Hall–Kier alpha value is -1.33. The molecule has 0 aliphatic heterocycles. The number of hydrogen-bond donors (Lipinski definition) is 1. The topological polar surface area (TPSA) is 12.0 Å². The van der Waals surface area contributed by atoms with Gasteiger partial charge in [0.2, 0.25) is 0 Å². The van der Waals surface area contributed by atoms with Crippen molar-refractivity contribution >= 4 is 5.69 Å². The minimum absolute atomic E-state index is 0.110. The Morgan fingerprint density at radius 1 is 1.12 bits per heavy atom. The summed E-state index contributed by atoms with van der Waals surface area (Å²) in [4.78, 5) is 0. The summed E-state index contributed by atoms with van der Waals surface area (Å²) in [5.74, 6) is -1.42. The Morgan fingerprint density at radius 2 is 1.75 bits per heavy atom. The van der Waals surface area contributed by atoms with Crippen LogP contribution in [0.2, 0.25) is 0 Å². The van der Waals surface area contributed by atoms with Crippen molar-refractivity contribution in [2.45, 2.75) is 19.5 Å². The molecule has 0 amide bonds. The predicted molar refractivity (Wildman–Crippen MR) is 50.3 cm³/mol. The summed E-state index contributed by atoms with van der Waals surface area (Å²) >= 11 is 0. The first kappa shape index (κ1) is 12.7. The first-order valence-corrected chi connectivity index (χ1v) is 4.56. The molecule has 16 heavy (non-hydrogen) atoms. The van der Waals surface area contributed by atoms with Gasteiger partial charge >= 0.3 is 6.18 Å². The van der Waals surface area contributed by atoms with Crippen molar-refractivity contribution in [2.75, 3.05) is 11.9 Å². The lowest BCUT2D eigenvalue weighted by Gasteiger charge is -2.10. The van der Waals surface area contributed by atoms with E-state index >= 15 is 0 Å². The van der Waals surface area contributed by atoms with Gasteiger partial charge in [-0.05, 0) is 18.6 Å². The van der Waals surface area contributed by atoms with Gasteiger partial charge in [0.15, 0.2) is 0 Å². The van der Waals surface area contributed by atoms with E-state index in [1.807, 2.05) is 0 Å². The summed E-state index contributed by atoms with van der Waals surface area (Å²) in [6.07, 6.45) is -5.41. The van der Waals surface area contributed by atoms with E-state index in [0.717, 1.165) is 12.1 Å². The van der Waals surface area contributed by atoms with Gasteiger partial charge in [-0.3, -0.25) is 0 Å². The van der Waals surface area contributed by atoms with Crippen LogP contribution in [-0.4, -0.2) is 12.7 Å². The molecule has 1 nitrogen and oxygen atoms in total. The van der Waals surface area contributed by atoms with Crippen molar-refractivity contribution in [2.24, 2.45) is 0 Å². The highest BCUT2D eigenvalue weighted by Crippen LogP contribution is 2.22. The van der Waals surface area contributed by atoms with Crippen LogP contribution in [-0.2, 0) is 0 Å². The molecule has 0 fully saturated rings. The third-order valence-electron chi connectivity index (χ3n) is 1.97. The van der Waals surface area contributed by atoms with Crippen molar-refractivity contribution in [3.05, 3.63) is 29.3 Å². The molecule has 1 aromatic carbocycles. The van der Waals surface area contributed by atoms with E-state index in [4.69, 9.17) is 0 Å². The van der Waals surface area contributed by atoms with Gasteiger partial charge < -0.3 is 5.32 Å². The number of alkyl halides is 3. The van der Waals surface area contributed by atoms with E-state index in [-0.39, 0.29) is 11.3 Å². The summed E-state index contributed by atoms with van der Waals surface area (Å²) in [7, 11) is 0. The zero-order chi connectivity index (χ0) is 12.3. The van der Waals surface area contributed by atoms with Crippen LogP contribution in [0.3, 0.4) is 0 Å². The zero-order valence-electron chi connectivity index (χ0n) is 8.46. The van der Waals surface area contributed by atoms with Crippen LogP contribution in [0.15, 0.2) is 12.1 Å². The first-order chi connectivity index (χ1) is 7.29. The molecule has 0 atom stereocenters. The van der Waals surface area contributed by atoms with Gasteiger partial charge in [0, 0.05) is 12.6 Å². The monoisotopic (exact) mass is 239 g/mol. The van der Waals surface area contributed by atoms with Crippen molar-refractivity contribution in [3.63, 3.8) is 0 Å². The number of hydrogen-bond acceptors (Lipinski definition) is 1. The molecule has 0 heterocycles. The van der Waals surface area contributed by atoms with Crippen LogP contribution in [0.4, 0.5) is 27.6 Å². The van der Waals surface area contributed by atoms with E-state index in [2.05, 4.69) is 5.32 Å². The second kappa shape index (κ2) is 4.67. The van der Waals surface area contributed by atoms with E-state index in [9.17, 15) is 22.0 Å². The number of aryl methyl sites for hydroxylation is 1. The predicted octanol–water partition coefficient (Wildman–Crippen LogP) is 3.64.